The molecule has 0 spiro atoms. The molecule has 20 heavy (non-hydrogen) atoms. The van der Waals surface area contributed by atoms with Gasteiger partial charge in [0.25, 0.3) is 0 Å². The minimum Gasteiger partial charge on any atom is -0.314 e. The maximum Gasteiger partial charge on any atom is 0.171 e. The Bertz CT molecular complexity index is 673. The van der Waals surface area contributed by atoms with Crippen molar-refractivity contribution in [2.24, 2.45) is 0 Å². The number of hydrogen-bond donors (Lipinski definition) is 1. The zero-order valence-electron chi connectivity index (χ0n) is 11.2. The normalized spacial score (nSPS) is 10.7. The van der Waals surface area contributed by atoms with E-state index >= 15 is 0 Å². The van der Waals surface area contributed by atoms with Gasteiger partial charge in [-0.1, -0.05) is 30.3 Å². The zero-order chi connectivity index (χ0) is 13.8. The molecule has 0 atom stereocenters. The Morgan fingerprint density at radius 2 is 1.85 bits per heavy atom. The second-order valence-electron chi connectivity index (χ2n) is 4.44. The molecule has 5 heteroatoms. The Labute approximate surface area is 117 Å². The quantitative estimate of drug-likeness (QED) is 0.784. The molecular formula is C15H15N5. The van der Waals surface area contributed by atoms with Crippen LogP contribution in [0.5, 0.6) is 0 Å². The number of hydrogen-bond acceptors (Lipinski definition) is 4. The van der Waals surface area contributed by atoms with E-state index in [4.69, 9.17) is 0 Å². The van der Waals surface area contributed by atoms with Gasteiger partial charge in [-0.15, -0.1) is 0 Å². The molecule has 0 aliphatic rings. The largest absolute Gasteiger partial charge is 0.314 e. The summed E-state index contributed by atoms with van der Waals surface area (Å²) in [5, 5.41) is 7.38. The standard InChI is InChI=1S/C15H15N5/c1-16-8-14-9-18-15(10-17-14)20-11-13(7-19-20)12-5-3-2-4-6-12/h2-7,9-11,16H,8H2,1H3. The molecule has 1 N–H and O–H groups in total. The lowest BCUT2D eigenvalue weighted by molar-refractivity contribution is 0.770. The number of benzene rings is 1. The molecule has 0 amide bonds. The van der Waals surface area contributed by atoms with E-state index in [9.17, 15) is 0 Å². The van der Waals surface area contributed by atoms with E-state index in [1.807, 2.05) is 37.6 Å². The van der Waals surface area contributed by atoms with Crippen LogP contribution in [-0.2, 0) is 6.54 Å². The molecule has 0 aliphatic heterocycles. The highest BCUT2D eigenvalue weighted by Crippen LogP contribution is 2.18. The van der Waals surface area contributed by atoms with Crippen molar-refractivity contribution in [3.63, 3.8) is 0 Å². The summed E-state index contributed by atoms with van der Waals surface area (Å²) in [4.78, 5) is 8.71. The van der Waals surface area contributed by atoms with Gasteiger partial charge < -0.3 is 5.32 Å². The van der Waals surface area contributed by atoms with Crippen LogP contribution in [-0.4, -0.2) is 26.8 Å². The lowest BCUT2D eigenvalue weighted by Gasteiger charge is -2.01. The van der Waals surface area contributed by atoms with Gasteiger partial charge in [-0.05, 0) is 12.6 Å². The van der Waals surface area contributed by atoms with E-state index in [0.29, 0.717) is 12.4 Å². The Hall–Kier alpha value is -2.53. The van der Waals surface area contributed by atoms with E-state index in [2.05, 4.69) is 32.5 Å². The van der Waals surface area contributed by atoms with Crippen molar-refractivity contribution in [2.45, 2.75) is 6.54 Å². The minimum absolute atomic E-state index is 0.710. The van der Waals surface area contributed by atoms with Crippen molar-refractivity contribution < 1.29 is 0 Å². The molecule has 5 nitrogen and oxygen atoms in total. The smallest absolute Gasteiger partial charge is 0.171 e. The van der Waals surface area contributed by atoms with Crippen LogP contribution in [0.4, 0.5) is 0 Å². The van der Waals surface area contributed by atoms with Crippen molar-refractivity contribution in [3.05, 3.63) is 60.8 Å². The monoisotopic (exact) mass is 265 g/mol. The molecule has 0 radical (unpaired) electrons. The SMILES string of the molecule is CNCc1cnc(-n2cc(-c3ccccc3)cn2)cn1. The average molecular weight is 265 g/mol. The first-order chi connectivity index (χ1) is 9.86. The third-order valence-corrected chi connectivity index (χ3v) is 2.97. The van der Waals surface area contributed by atoms with Crippen LogP contribution in [0.2, 0.25) is 0 Å². The molecule has 0 aliphatic carbocycles. The molecular weight excluding hydrogens is 250 g/mol. The van der Waals surface area contributed by atoms with Gasteiger partial charge >= 0.3 is 0 Å². The van der Waals surface area contributed by atoms with E-state index < -0.39 is 0 Å². The first kappa shape index (κ1) is 12.5. The van der Waals surface area contributed by atoms with Crippen LogP contribution in [0, 0.1) is 0 Å². The van der Waals surface area contributed by atoms with Gasteiger partial charge in [0.2, 0.25) is 0 Å². The van der Waals surface area contributed by atoms with Crippen molar-refractivity contribution in [1.82, 2.24) is 25.1 Å². The second kappa shape index (κ2) is 5.63. The zero-order valence-corrected chi connectivity index (χ0v) is 11.2. The summed E-state index contributed by atoms with van der Waals surface area (Å²) < 4.78 is 1.73. The third kappa shape index (κ3) is 2.57. The molecule has 2 heterocycles. The third-order valence-electron chi connectivity index (χ3n) is 2.97. The van der Waals surface area contributed by atoms with Crippen LogP contribution < -0.4 is 5.32 Å². The van der Waals surface area contributed by atoms with Crippen molar-refractivity contribution in [2.75, 3.05) is 7.05 Å². The number of nitrogens with zero attached hydrogens (tertiary/aromatic N) is 4. The lowest BCUT2D eigenvalue weighted by atomic mass is 10.1. The van der Waals surface area contributed by atoms with Gasteiger partial charge in [0, 0.05) is 18.3 Å². The summed E-state index contributed by atoms with van der Waals surface area (Å²) in [5.74, 6) is 0.715. The van der Waals surface area contributed by atoms with Crippen molar-refractivity contribution >= 4 is 0 Å². The summed E-state index contributed by atoms with van der Waals surface area (Å²) in [5.41, 5.74) is 3.11. The maximum atomic E-state index is 4.37. The molecule has 2 aromatic heterocycles. The second-order valence-corrected chi connectivity index (χ2v) is 4.44. The van der Waals surface area contributed by atoms with E-state index in [1.165, 1.54) is 0 Å². The van der Waals surface area contributed by atoms with Crippen LogP contribution in [0.1, 0.15) is 5.69 Å². The van der Waals surface area contributed by atoms with Gasteiger partial charge in [0.15, 0.2) is 5.82 Å². The molecule has 100 valence electrons. The Balaban J connectivity index is 1.86. The number of rotatable bonds is 4. The average Bonchev–Trinajstić information content (AvgIpc) is 2.99. The number of aromatic nitrogens is 4. The highest BCUT2D eigenvalue weighted by Gasteiger charge is 2.04. The van der Waals surface area contributed by atoms with Crippen LogP contribution in [0.3, 0.4) is 0 Å². The van der Waals surface area contributed by atoms with E-state index in [-0.39, 0.29) is 0 Å². The molecule has 3 aromatic rings. The molecule has 0 saturated carbocycles. The summed E-state index contributed by atoms with van der Waals surface area (Å²) in [6, 6.07) is 10.1. The lowest BCUT2D eigenvalue weighted by Crippen LogP contribution is -2.08. The highest BCUT2D eigenvalue weighted by atomic mass is 15.3. The predicted molar refractivity (Wildman–Crippen MR) is 77.4 cm³/mol. The maximum absolute atomic E-state index is 4.37. The van der Waals surface area contributed by atoms with Crippen LogP contribution in [0.25, 0.3) is 16.9 Å². The summed E-state index contributed by atoms with van der Waals surface area (Å²) in [6.45, 7) is 0.710. The summed E-state index contributed by atoms with van der Waals surface area (Å²) in [7, 11) is 1.88. The fourth-order valence-corrected chi connectivity index (χ4v) is 1.97. The number of nitrogens with one attached hydrogen (secondary N) is 1. The predicted octanol–water partition coefficient (Wildman–Crippen LogP) is 2.05. The first-order valence-electron chi connectivity index (χ1n) is 6.43. The molecule has 0 saturated heterocycles. The topological polar surface area (TPSA) is 55.6 Å². The van der Waals surface area contributed by atoms with E-state index in [0.717, 1.165) is 16.8 Å². The van der Waals surface area contributed by atoms with E-state index in [1.54, 1.807) is 17.1 Å². The summed E-state index contributed by atoms with van der Waals surface area (Å²) >= 11 is 0. The molecule has 0 bridgehead atoms. The van der Waals surface area contributed by atoms with Crippen LogP contribution in [0.15, 0.2) is 55.1 Å². The van der Waals surface area contributed by atoms with Gasteiger partial charge in [0.05, 0.1) is 24.3 Å². The van der Waals surface area contributed by atoms with Crippen molar-refractivity contribution in [1.29, 1.82) is 0 Å². The minimum atomic E-state index is 0.710. The van der Waals surface area contributed by atoms with Gasteiger partial charge in [-0.2, -0.15) is 5.10 Å². The Morgan fingerprint density at radius 1 is 1.00 bits per heavy atom. The fraction of sp³-hybridized carbons (Fsp3) is 0.133. The van der Waals surface area contributed by atoms with Crippen LogP contribution >= 0.6 is 0 Å². The fourth-order valence-electron chi connectivity index (χ4n) is 1.97. The highest BCUT2D eigenvalue weighted by molar-refractivity contribution is 5.61. The van der Waals surface area contributed by atoms with Gasteiger partial charge in [-0.3, -0.25) is 4.98 Å². The van der Waals surface area contributed by atoms with Gasteiger partial charge in [-0.25, -0.2) is 9.67 Å². The summed E-state index contributed by atoms with van der Waals surface area (Å²) in [6.07, 6.45) is 7.28. The van der Waals surface area contributed by atoms with Gasteiger partial charge in [0.1, 0.15) is 0 Å². The van der Waals surface area contributed by atoms with Crippen molar-refractivity contribution in [3.8, 4) is 16.9 Å². The Kier molecular flexibility index (Phi) is 3.52. The molecule has 3 rings (SSSR count). The Morgan fingerprint density at radius 3 is 2.55 bits per heavy atom. The first-order valence-corrected chi connectivity index (χ1v) is 6.43. The molecule has 0 fully saturated rings. The molecule has 1 aromatic carbocycles. The molecule has 0 unspecified atom stereocenters.